The Morgan fingerprint density at radius 1 is 1.41 bits per heavy atom. The van der Waals surface area contributed by atoms with E-state index in [9.17, 15) is 0 Å². The van der Waals surface area contributed by atoms with Crippen LogP contribution in [-0.2, 0) is 9.47 Å². The molecule has 0 saturated carbocycles. The smallest absolute Gasteiger partial charge is 0.0998 e. The second-order valence-electron chi connectivity index (χ2n) is 4.23. The van der Waals surface area contributed by atoms with Crippen molar-refractivity contribution >= 4 is 0 Å². The molecule has 1 atom stereocenters. The van der Waals surface area contributed by atoms with Crippen LogP contribution in [0.1, 0.15) is 25.3 Å². The van der Waals surface area contributed by atoms with E-state index in [-0.39, 0.29) is 0 Å². The van der Waals surface area contributed by atoms with Gasteiger partial charge in [0.2, 0.25) is 0 Å². The van der Waals surface area contributed by atoms with E-state index in [1.807, 2.05) is 18.2 Å². The van der Waals surface area contributed by atoms with Gasteiger partial charge >= 0.3 is 0 Å². The van der Waals surface area contributed by atoms with E-state index >= 15 is 0 Å². The van der Waals surface area contributed by atoms with Gasteiger partial charge in [-0.05, 0) is 22.9 Å². The molecular formula is C14H17NO2. The first-order valence-corrected chi connectivity index (χ1v) is 6.09. The highest BCUT2D eigenvalue weighted by atomic mass is 16.6. The first kappa shape index (κ1) is 12.1. The summed E-state index contributed by atoms with van der Waals surface area (Å²) in [5, 5.41) is 10.7. The highest BCUT2D eigenvalue weighted by Crippen LogP contribution is 2.13. The Labute approximate surface area is 101 Å². The average molecular weight is 231 g/mol. The quantitative estimate of drug-likeness (QED) is 0.796. The Bertz CT molecular complexity index is 495. The number of nitriles is 1. The van der Waals surface area contributed by atoms with Crippen molar-refractivity contribution in [1.29, 1.82) is 5.26 Å². The predicted molar refractivity (Wildman–Crippen MR) is 64.3 cm³/mol. The molecule has 0 N–H and O–H groups in total. The third kappa shape index (κ3) is 2.85. The Balaban J connectivity index is 0.000000127. The third-order valence-electron chi connectivity index (χ3n) is 2.95. The van der Waals surface area contributed by atoms with Gasteiger partial charge < -0.3 is 9.47 Å². The molecule has 0 aromatic carbocycles. The zero-order chi connectivity index (χ0) is 12.1. The lowest BCUT2D eigenvalue weighted by Gasteiger charge is -2.21. The SMILES string of the molecule is CCCC1COCCO1.N#Cc1cc2ccc1=2. The Kier molecular flexibility index (Phi) is 4.13. The maximum atomic E-state index is 8.32. The van der Waals surface area contributed by atoms with Gasteiger partial charge in [0, 0.05) is 0 Å². The summed E-state index contributed by atoms with van der Waals surface area (Å²) >= 11 is 0. The zero-order valence-electron chi connectivity index (χ0n) is 10.1. The van der Waals surface area contributed by atoms with Gasteiger partial charge in [0.1, 0.15) is 0 Å². The van der Waals surface area contributed by atoms with Crippen LogP contribution in [0.5, 0.6) is 0 Å². The average Bonchev–Trinajstić information content (AvgIpc) is 2.35. The molecule has 0 aromatic heterocycles. The summed E-state index contributed by atoms with van der Waals surface area (Å²) in [6.45, 7) is 4.52. The van der Waals surface area contributed by atoms with Crippen molar-refractivity contribution < 1.29 is 9.47 Å². The molecule has 1 saturated heterocycles. The van der Waals surface area contributed by atoms with Gasteiger partial charge in [0.05, 0.1) is 37.6 Å². The molecule has 1 aliphatic heterocycles. The minimum absolute atomic E-state index is 0.378. The summed E-state index contributed by atoms with van der Waals surface area (Å²) in [7, 11) is 0. The molecule has 17 heavy (non-hydrogen) atoms. The van der Waals surface area contributed by atoms with Crippen molar-refractivity contribution in [3.05, 3.63) is 34.2 Å². The molecule has 3 aliphatic rings. The maximum Gasteiger partial charge on any atom is 0.0998 e. The summed E-state index contributed by atoms with van der Waals surface area (Å²) < 4.78 is 10.6. The Morgan fingerprint density at radius 3 is 2.65 bits per heavy atom. The molecule has 0 amide bonds. The van der Waals surface area contributed by atoms with E-state index in [0.29, 0.717) is 6.10 Å². The number of rotatable bonds is 2. The molecule has 1 fully saturated rings. The largest absolute Gasteiger partial charge is 0.376 e. The van der Waals surface area contributed by atoms with Crippen LogP contribution >= 0.6 is 0 Å². The van der Waals surface area contributed by atoms with E-state index in [4.69, 9.17) is 14.7 Å². The van der Waals surface area contributed by atoms with Crippen molar-refractivity contribution in [1.82, 2.24) is 0 Å². The van der Waals surface area contributed by atoms with Crippen molar-refractivity contribution in [2.45, 2.75) is 25.9 Å². The van der Waals surface area contributed by atoms with E-state index in [2.05, 4.69) is 13.0 Å². The van der Waals surface area contributed by atoms with Gasteiger partial charge in [0.25, 0.3) is 0 Å². The van der Waals surface area contributed by atoms with Crippen LogP contribution in [0, 0.1) is 21.8 Å². The summed E-state index contributed by atoms with van der Waals surface area (Å²) in [6.07, 6.45) is 2.71. The first-order valence-electron chi connectivity index (χ1n) is 6.09. The number of hydrogen-bond acceptors (Lipinski definition) is 3. The van der Waals surface area contributed by atoms with Gasteiger partial charge in [-0.1, -0.05) is 25.5 Å². The number of ether oxygens (including phenoxy) is 2. The molecule has 90 valence electrons. The molecule has 1 unspecified atom stereocenters. The first-order chi connectivity index (χ1) is 8.35. The van der Waals surface area contributed by atoms with E-state index < -0.39 is 0 Å². The van der Waals surface area contributed by atoms with Crippen molar-refractivity contribution in [2.24, 2.45) is 0 Å². The molecule has 0 radical (unpaired) electrons. The van der Waals surface area contributed by atoms with Gasteiger partial charge in [-0.15, -0.1) is 0 Å². The summed E-state index contributed by atoms with van der Waals surface area (Å²) in [6, 6.07) is 7.96. The minimum atomic E-state index is 0.378. The Hall–Kier alpha value is -1.37. The van der Waals surface area contributed by atoms with E-state index in [0.717, 1.165) is 37.0 Å². The van der Waals surface area contributed by atoms with Gasteiger partial charge in [-0.25, -0.2) is 0 Å². The van der Waals surface area contributed by atoms with Crippen LogP contribution in [0.3, 0.4) is 0 Å². The van der Waals surface area contributed by atoms with Gasteiger partial charge in [0.15, 0.2) is 0 Å². The highest BCUT2D eigenvalue weighted by Gasteiger charge is 2.11. The maximum absolute atomic E-state index is 8.32. The molecule has 0 bridgehead atoms. The van der Waals surface area contributed by atoms with Crippen LogP contribution < -0.4 is 0 Å². The summed E-state index contributed by atoms with van der Waals surface area (Å²) in [5.41, 5.74) is 0.836. The molecule has 1 heterocycles. The minimum Gasteiger partial charge on any atom is -0.376 e. The predicted octanol–water partition coefficient (Wildman–Crippen LogP) is 2.36. The molecule has 3 nitrogen and oxygen atoms in total. The number of nitrogens with zero attached hydrogens (tertiary/aromatic N) is 1. The summed E-state index contributed by atoms with van der Waals surface area (Å²) in [4.78, 5) is 0. The Morgan fingerprint density at radius 2 is 2.29 bits per heavy atom. The second-order valence-corrected chi connectivity index (χ2v) is 4.23. The van der Waals surface area contributed by atoms with Crippen LogP contribution in [-0.4, -0.2) is 25.9 Å². The lowest BCUT2D eigenvalue weighted by molar-refractivity contribution is -0.0906. The van der Waals surface area contributed by atoms with Crippen LogP contribution in [0.25, 0.3) is 0 Å². The van der Waals surface area contributed by atoms with Crippen molar-refractivity contribution in [2.75, 3.05) is 19.8 Å². The van der Waals surface area contributed by atoms with Gasteiger partial charge in [-0.3, -0.25) is 0 Å². The fourth-order valence-electron chi connectivity index (χ4n) is 1.91. The third-order valence-corrected chi connectivity index (χ3v) is 2.95. The monoisotopic (exact) mass is 231 g/mol. The fourth-order valence-corrected chi connectivity index (χ4v) is 1.91. The van der Waals surface area contributed by atoms with E-state index in [1.54, 1.807) is 0 Å². The van der Waals surface area contributed by atoms with E-state index in [1.165, 1.54) is 11.6 Å². The molecule has 3 heteroatoms. The number of hydrogen-bond donors (Lipinski definition) is 0. The van der Waals surface area contributed by atoms with Crippen molar-refractivity contribution in [3.63, 3.8) is 0 Å². The van der Waals surface area contributed by atoms with Crippen molar-refractivity contribution in [3.8, 4) is 6.07 Å². The second kappa shape index (κ2) is 5.81. The molecular weight excluding hydrogens is 214 g/mol. The molecule has 0 spiro atoms. The van der Waals surface area contributed by atoms with Crippen LogP contribution in [0.4, 0.5) is 0 Å². The van der Waals surface area contributed by atoms with Gasteiger partial charge in [-0.2, -0.15) is 5.26 Å². The highest BCUT2D eigenvalue weighted by molar-refractivity contribution is 5.41. The molecule has 0 aromatic rings. The number of benzene rings is 1. The normalized spacial score (nSPS) is 19.9. The lowest BCUT2D eigenvalue weighted by Crippen LogP contribution is -2.28. The van der Waals surface area contributed by atoms with Crippen LogP contribution in [0.15, 0.2) is 18.2 Å². The van der Waals surface area contributed by atoms with Crippen LogP contribution in [0.2, 0.25) is 0 Å². The fraction of sp³-hybridized carbons (Fsp3) is 0.500. The molecule has 2 aliphatic carbocycles. The summed E-state index contributed by atoms with van der Waals surface area (Å²) in [5.74, 6) is 0. The topological polar surface area (TPSA) is 42.2 Å². The zero-order valence-corrected chi connectivity index (χ0v) is 10.1. The lowest BCUT2D eigenvalue weighted by atomic mass is 10.0. The molecule has 3 rings (SSSR count). The standard InChI is InChI=1S/C7H3N.C7H14O2/c8-4-6-3-5-1-2-7(5)6;1-2-3-7-6-8-4-5-9-7/h1-3H;7H,2-6H2,1H3.